The highest BCUT2D eigenvalue weighted by Gasteiger charge is 2.27. The Kier molecular flexibility index (Phi) is 5.40. The predicted octanol–water partition coefficient (Wildman–Crippen LogP) is 5.46. The van der Waals surface area contributed by atoms with E-state index in [1.807, 2.05) is 66.7 Å². The van der Waals surface area contributed by atoms with Crippen LogP contribution in [0.15, 0.2) is 77.7 Å². The van der Waals surface area contributed by atoms with Gasteiger partial charge in [0.15, 0.2) is 5.44 Å². The summed E-state index contributed by atoms with van der Waals surface area (Å²) in [4.78, 5) is 17.9. The van der Waals surface area contributed by atoms with Crippen LogP contribution in [0, 0.1) is 0 Å². The number of thioether (sulfide) groups is 1. The zero-order valence-corrected chi connectivity index (χ0v) is 17.5. The first-order chi connectivity index (χ1) is 14.7. The Morgan fingerprint density at radius 2 is 1.83 bits per heavy atom. The molecule has 0 saturated carbocycles. The number of rotatable bonds is 6. The molecule has 30 heavy (non-hydrogen) atoms. The number of aromatic nitrogens is 1. The molecule has 5 rings (SSSR count). The Labute approximate surface area is 182 Å². The van der Waals surface area contributed by atoms with Gasteiger partial charge in [-0.2, -0.15) is 0 Å². The van der Waals surface area contributed by atoms with Crippen molar-refractivity contribution in [3.05, 3.63) is 83.4 Å². The molecule has 0 fully saturated rings. The average Bonchev–Trinajstić information content (AvgIpc) is 3.20. The molecule has 0 radical (unpaired) electrons. The number of nitrogens with one attached hydrogen (secondary N) is 1. The summed E-state index contributed by atoms with van der Waals surface area (Å²) in [6, 6.07) is 23.5. The number of hydrogen-bond donors (Lipinski definition) is 1. The van der Waals surface area contributed by atoms with Crippen molar-refractivity contribution in [1.82, 2.24) is 4.98 Å². The second kappa shape index (κ2) is 8.47. The van der Waals surface area contributed by atoms with Crippen LogP contribution in [0.1, 0.15) is 10.6 Å². The number of carbonyl (C=O) groups is 1. The van der Waals surface area contributed by atoms with Gasteiger partial charge in [-0.15, -0.1) is 11.3 Å². The van der Waals surface area contributed by atoms with Gasteiger partial charge in [0.25, 0.3) is 5.91 Å². The summed E-state index contributed by atoms with van der Waals surface area (Å²) in [5.41, 5.74) is 2.20. The van der Waals surface area contributed by atoms with Crippen molar-refractivity contribution >= 4 is 44.9 Å². The third-order valence-corrected chi connectivity index (χ3v) is 6.78. The lowest BCUT2D eigenvalue weighted by Gasteiger charge is -2.24. The second-order valence-corrected chi connectivity index (χ2v) is 8.98. The van der Waals surface area contributed by atoms with Crippen LogP contribution >= 0.6 is 23.1 Å². The zero-order valence-electron chi connectivity index (χ0n) is 15.9. The van der Waals surface area contributed by atoms with E-state index in [1.165, 1.54) is 11.8 Å². The summed E-state index contributed by atoms with van der Waals surface area (Å²) in [7, 11) is 0. The highest BCUT2D eigenvalue weighted by atomic mass is 32.2. The van der Waals surface area contributed by atoms with Crippen molar-refractivity contribution in [2.45, 2.75) is 23.5 Å². The molecule has 0 bridgehead atoms. The molecule has 4 aromatic rings. The molecule has 1 N–H and O–H groups in total. The largest absolute Gasteiger partial charge is 0.486 e. The number of para-hydroxylation sites is 2. The Morgan fingerprint density at radius 1 is 0.967 bits per heavy atom. The topological polar surface area (TPSA) is 60.5 Å². The van der Waals surface area contributed by atoms with E-state index in [-0.39, 0.29) is 5.91 Å². The fourth-order valence-corrected chi connectivity index (χ4v) is 4.98. The monoisotopic (exact) mass is 434 g/mol. The minimum atomic E-state index is -0.577. The molecule has 7 heteroatoms. The van der Waals surface area contributed by atoms with E-state index in [0.717, 1.165) is 37.1 Å². The number of anilines is 1. The molecule has 1 aliphatic rings. The van der Waals surface area contributed by atoms with Gasteiger partial charge in [-0.1, -0.05) is 48.2 Å². The molecular formula is C23H18N2O3S2. The van der Waals surface area contributed by atoms with Crippen LogP contribution in [-0.2, 0) is 22.7 Å². The van der Waals surface area contributed by atoms with Gasteiger partial charge in [-0.3, -0.25) is 4.79 Å². The summed E-state index contributed by atoms with van der Waals surface area (Å²) in [5.74, 6) is 0.614. The lowest BCUT2D eigenvalue weighted by atomic mass is 10.2. The van der Waals surface area contributed by atoms with Crippen LogP contribution < -0.4 is 10.1 Å². The molecule has 5 nitrogen and oxygen atoms in total. The second-order valence-electron chi connectivity index (χ2n) is 6.76. The van der Waals surface area contributed by atoms with E-state index < -0.39 is 5.44 Å². The summed E-state index contributed by atoms with van der Waals surface area (Å²) < 4.78 is 13.0. The lowest BCUT2D eigenvalue weighted by molar-refractivity contribution is -0.123. The number of benzene rings is 3. The molecule has 1 aromatic heterocycles. The third kappa shape index (κ3) is 4.18. The van der Waals surface area contributed by atoms with E-state index in [9.17, 15) is 4.79 Å². The SMILES string of the molecule is O=C1Nc2ccccc2SC1OCc1cccc(OCc2nc3ccccc3s2)c1. The van der Waals surface area contributed by atoms with Crippen molar-refractivity contribution in [3.63, 3.8) is 0 Å². The average molecular weight is 435 g/mol. The normalized spacial score (nSPS) is 15.6. The Bertz CT molecular complexity index is 1170. The van der Waals surface area contributed by atoms with E-state index >= 15 is 0 Å². The minimum absolute atomic E-state index is 0.137. The Balaban J connectivity index is 1.20. The summed E-state index contributed by atoms with van der Waals surface area (Å²) in [6.07, 6.45) is 0. The minimum Gasteiger partial charge on any atom is -0.486 e. The maximum absolute atomic E-state index is 12.3. The van der Waals surface area contributed by atoms with Crippen LogP contribution in [0.2, 0.25) is 0 Å². The zero-order chi connectivity index (χ0) is 20.3. The molecule has 0 saturated heterocycles. The summed E-state index contributed by atoms with van der Waals surface area (Å²) in [5, 5.41) is 3.83. The van der Waals surface area contributed by atoms with Gasteiger partial charge < -0.3 is 14.8 Å². The number of carbonyl (C=O) groups excluding carboxylic acids is 1. The van der Waals surface area contributed by atoms with Crippen molar-refractivity contribution in [1.29, 1.82) is 0 Å². The maximum atomic E-state index is 12.3. The fraction of sp³-hybridized carbons (Fsp3) is 0.130. The fourth-order valence-electron chi connectivity index (χ4n) is 3.17. The first kappa shape index (κ1) is 19.1. The standard InChI is InChI=1S/C23H18N2O3S2/c26-22-23(30-20-11-4-2-9-18(20)25-22)28-13-15-6-5-7-16(12-15)27-14-21-24-17-8-1-3-10-19(17)29-21/h1-12,23H,13-14H2,(H,25,26). The number of amides is 1. The van der Waals surface area contributed by atoms with Crippen LogP contribution in [0.4, 0.5) is 5.69 Å². The quantitative estimate of drug-likeness (QED) is 0.436. The van der Waals surface area contributed by atoms with Gasteiger partial charge in [0, 0.05) is 4.90 Å². The first-order valence-corrected chi connectivity index (χ1v) is 11.2. The van der Waals surface area contributed by atoms with Gasteiger partial charge in [0.1, 0.15) is 17.4 Å². The van der Waals surface area contributed by atoms with Crippen LogP contribution in [0.3, 0.4) is 0 Å². The predicted molar refractivity (Wildman–Crippen MR) is 120 cm³/mol. The third-order valence-electron chi connectivity index (χ3n) is 4.59. The molecule has 3 aromatic carbocycles. The van der Waals surface area contributed by atoms with Crippen LogP contribution in [0.25, 0.3) is 10.2 Å². The van der Waals surface area contributed by atoms with Gasteiger partial charge in [-0.25, -0.2) is 4.98 Å². The molecule has 1 unspecified atom stereocenters. The van der Waals surface area contributed by atoms with Crippen molar-refractivity contribution in [3.8, 4) is 5.75 Å². The van der Waals surface area contributed by atoms with E-state index in [0.29, 0.717) is 13.2 Å². The van der Waals surface area contributed by atoms with Crippen molar-refractivity contribution in [2.75, 3.05) is 5.32 Å². The number of fused-ring (bicyclic) bond motifs is 2. The van der Waals surface area contributed by atoms with Crippen molar-refractivity contribution < 1.29 is 14.3 Å². The molecule has 150 valence electrons. The lowest BCUT2D eigenvalue weighted by Crippen LogP contribution is -2.31. The van der Waals surface area contributed by atoms with Gasteiger partial charge >= 0.3 is 0 Å². The highest BCUT2D eigenvalue weighted by Crippen LogP contribution is 2.36. The molecule has 1 amide bonds. The first-order valence-electron chi connectivity index (χ1n) is 9.49. The smallest absolute Gasteiger partial charge is 0.264 e. The van der Waals surface area contributed by atoms with Crippen LogP contribution in [0.5, 0.6) is 5.75 Å². The molecular weight excluding hydrogens is 416 g/mol. The van der Waals surface area contributed by atoms with Gasteiger partial charge in [0.2, 0.25) is 0 Å². The molecule has 2 heterocycles. The maximum Gasteiger partial charge on any atom is 0.264 e. The molecule has 1 atom stereocenters. The number of nitrogens with zero attached hydrogens (tertiary/aromatic N) is 1. The van der Waals surface area contributed by atoms with E-state index in [2.05, 4.69) is 16.4 Å². The van der Waals surface area contributed by atoms with Crippen LogP contribution in [-0.4, -0.2) is 16.3 Å². The molecule has 1 aliphatic heterocycles. The molecule has 0 aliphatic carbocycles. The van der Waals surface area contributed by atoms with E-state index in [4.69, 9.17) is 9.47 Å². The summed E-state index contributed by atoms with van der Waals surface area (Å²) in [6.45, 7) is 0.743. The van der Waals surface area contributed by atoms with Crippen molar-refractivity contribution in [2.24, 2.45) is 0 Å². The van der Waals surface area contributed by atoms with E-state index in [1.54, 1.807) is 11.3 Å². The number of thiazole rings is 1. The number of hydrogen-bond acceptors (Lipinski definition) is 6. The Hall–Kier alpha value is -2.87. The van der Waals surface area contributed by atoms with Gasteiger partial charge in [-0.05, 0) is 42.0 Å². The molecule has 0 spiro atoms. The summed E-state index contributed by atoms with van der Waals surface area (Å²) >= 11 is 3.06. The highest BCUT2D eigenvalue weighted by molar-refractivity contribution is 8.00. The Morgan fingerprint density at radius 3 is 2.77 bits per heavy atom. The number of ether oxygens (including phenoxy) is 2. The van der Waals surface area contributed by atoms with Gasteiger partial charge in [0.05, 0.1) is 22.5 Å².